The highest BCUT2D eigenvalue weighted by atomic mass is 79.9. The number of nitrogens with zero attached hydrogens (tertiary/aromatic N) is 1. The lowest BCUT2D eigenvalue weighted by Crippen LogP contribution is -2.44. The van der Waals surface area contributed by atoms with Crippen LogP contribution in [-0.2, 0) is 0 Å². The van der Waals surface area contributed by atoms with Crippen LogP contribution in [0.1, 0.15) is 30.6 Å². The minimum absolute atomic E-state index is 0.0475. The molecule has 0 aliphatic carbocycles. The zero-order valence-electron chi connectivity index (χ0n) is 9.33. The monoisotopic (exact) mass is 286 g/mol. The van der Waals surface area contributed by atoms with Gasteiger partial charge < -0.3 is 10.4 Å². The molecule has 0 atom stereocenters. The normalized spacial score (nSPS) is 11.2. The molecule has 0 spiro atoms. The summed E-state index contributed by atoms with van der Waals surface area (Å²) in [4.78, 5) is 15.8. The molecule has 1 rings (SSSR count). The highest BCUT2D eigenvalue weighted by molar-refractivity contribution is 9.10. The van der Waals surface area contributed by atoms with E-state index in [9.17, 15) is 4.79 Å². The van der Waals surface area contributed by atoms with Crippen molar-refractivity contribution in [2.75, 3.05) is 6.61 Å². The lowest BCUT2D eigenvalue weighted by molar-refractivity contribution is 0.0899. The molecule has 0 aliphatic rings. The van der Waals surface area contributed by atoms with Gasteiger partial charge in [-0.1, -0.05) is 0 Å². The Bertz CT molecular complexity index is 363. The fraction of sp³-hybridized carbons (Fsp3) is 0.455. The van der Waals surface area contributed by atoms with Crippen molar-refractivity contribution in [1.29, 1.82) is 0 Å². The van der Waals surface area contributed by atoms with Crippen molar-refractivity contribution in [3.63, 3.8) is 0 Å². The summed E-state index contributed by atoms with van der Waals surface area (Å²) < 4.78 is 0.693. The van der Waals surface area contributed by atoms with E-state index in [1.54, 1.807) is 12.1 Å². The summed E-state index contributed by atoms with van der Waals surface area (Å²) in [5, 5.41) is 11.7. The van der Waals surface area contributed by atoms with Gasteiger partial charge in [-0.2, -0.15) is 0 Å². The molecule has 0 saturated heterocycles. The summed E-state index contributed by atoms with van der Waals surface area (Å²) in [6.45, 7) is 3.78. The maximum Gasteiger partial charge on any atom is 0.253 e. The third kappa shape index (κ3) is 3.90. The smallest absolute Gasteiger partial charge is 0.253 e. The molecule has 2 N–H and O–H groups in total. The Morgan fingerprint density at radius 1 is 1.56 bits per heavy atom. The van der Waals surface area contributed by atoms with Crippen LogP contribution < -0.4 is 5.32 Å². The van der Waals surface area contributed by atoms with Gasteiger partial charge in [0.15, 0.2) is 0 Å². The van der Waals surface area contributed by atoms with Gasteiger partial charge in [0.2, 0.25) is 0 Å². The van der Waals surface area contributed by atoms with Crippen LogP contribution in [0.4, 0.5) is 0 Å². The molecule has 16 heavy (non-hydrogen) atoms. The Morgan fingerprint density at radius 3 is 2.75 bits per heavy atom. The first-order chi connectivity index (χ1) is 7.44. The second-order valence-corrected chi connectivity index (χ2v) is 4.99. The van der Waals surface area contributed by atoms with Crippen molar-refractivity contribution < 1.29 is 9.90 Å². The molecule has 1 aromatic rings. The van der Waals surface area contributed by atoms with E-state index in [1.165, 1.54) is 6.20 Å². The summed E-state index contributed by atoms with van der Waals surface area (Å²) in [5.41, 5.74) is 0.0908. The second kappa shape index (κ2) is 5.41. The fourth-order valence-corrected chi connectivity index (χ4v) is 1.47. The average molecular weight is 287 g/mol. The molecule has 5 heteroatoms. The van der Waals surface area contributed by atoms with E-state index >= 15 is 0 Å². The molecule has 4 nitrogen and oxygen atoms in total. The molecule has 0 fully saturated rings. The van der Waals surface area contributed by atoms with Gasteiger partial charge in [0.1, 0.15) is 4.60 Å². The van der Waals surface area contributed by atoms with Gasteiger partial charge in [-0.05, 0) is 48.3 Å². The molecule has 88 valence electrons. The highest BCUT2D eigenvalue weighted by Crippen LogP contribution is 2.10. The van der Waals surface area contributed by atoms with Crippen LogP contribution in [-0.4, -0.2) is 28.1 Å². The van der Waals surface area contributed by atoms with E-state index in [4.69, 9.17) is 5.11 Å². The average Bonchev–Trinajstić information content (AvgIpc) is 2.17. The van der Waals surface area contributed by atoms with E-state index in [0.29, 0.717) is 16.6 Å². The van der Waals surface area contributed by atoms with Crippen LogP contribution >= 0.6 is 15.9 Å². The highest BCUT2D eigenvalue weighted by Gasteiger charge is 2.20. The van der Waals surface area contributed by atoms with Crippen LogP contribution in [0.25, 0.3) is 0 Å². The number of pyridine rings is 1. The summed E-state index contributed by atoms with van der Waals surface area (Å²) >= 11 is 3.20. The number of nitrogens with one attached hydrogen (secondary N) is 1. The van der Waals surface area contributed by atoms with Crippen molar-refractivity contribution >= 4 is 21.8 Å². The van der Waals surface area contributed by atoms with Crippen molar-refractivity contribution in [2.24, 2.45) is 0 Å². The first kappa shape index (κ1) is 13.1. The zero-order valence-corrected chi connectivity index (χ0v) is 10.9. The third-order valence-corrected chi connectivity index (χ3v) is 2.65. The maximum absolute atomic E-state index is 11.8. The number of carbonyl (C=O) groups excluding carboxylic acids is 1. The molecule has 1 aromatic heterocycles. The van der Waals surface area contributed by atoms with Gasteiger partial charge in [-0.3, -0.25) is 4.79 Å². The number of aliphatic hydroxyl groups is 1. The summed E-state index contributed by atoms with van der Waals surface area (Å²) in [6.07, 6.45) is 2.02. The molecular weight excluding hydrogens is 272 g/mol. The zero-order chi connectivity index (χ0) is 12.2. The molecule has 0 radical (unpaired) electrons. The van der Waals surface area contributed by atoms with Crippen LogP contribution in [0.5, 0.6) is 0 Å². The van der Waals surface area contributed by atoms with E-state index in [2.05, 4.69) is 26.2 Å². The Kier molecular flexibility index (Phi) is 4.44. The minimum atomic E-state index is -0.418. The number of carbonyl (C=O) groups is 1. The van der Waals surface area contributed by atoms with Gasteiger partial charge in [-0.25, -0.2) is 4.98 Å². The topological polar surface area (TPSA) is 62.2 Å². The number of hydrogen-bond acceptors (Lipinski definition) is 3. The second-order valence-electron chi connectivity index (χ2n) is 4.18. The van der Waals surface area contributed by atoms with E-state index in [1.807, 2.05) is 13.8 Å². The number of rotatable bonds is 4. The first-order valence-corrected chi connectivity index (χ1v) is 5.79. The summed E-state index contributed by atoms with van der Waals surface area (Å²) in [6, 6.07) is 3.41. The number of aromatic nitrogens is 1. The largest absolute Gasteiger partial charge is 0.396 e. The van der Waals surface area contributed by atoms with Crippen LogP contribution in [0.15, 0.2) is 22.9 Å². The van der Waals surface area contributed by atoms with Gasteiger partial charge >= 0.3 is 0 Å². The SMILES string of the molecule is CC(C)(CCO)NC(=O)c1ccc(Br)nc1. The fourth-order valence-electron chi connectivity index (χ4n) is 1.23. The van der Waals surface area contributed by atoms with Crippen molar-refractivity contribution in [3.8, 4) is 0 Å². The number of halogens is 1. The third-order valence-electron chi connectivity index (χ3n) is 2.18. The van der Waals surface area contributed by atoms with E-state index in [-0.39, 0.29) is 12.5 Å². The van der Waals surface area contributed by atoms with Gasteiger partial charge in [0.05, 0.1) is 5.56 Å². The van der Waals surface area contributed by atoms with Gasteiger partial charge in [0.25, 0.3) is 5.91 Å². The summed E-state index contributed by atoms with van der Waals surface area (Å²) in [7, 11) is 0. The van der Waals surface area contributed by atoms with Crippen molar-refractivity contribution in [2.45, 2.75) is 25.8 Å². The van der Waals surface area contributed by atoms with E-state index in [0.717, 1.165) is 0 Å². The predicted molar refractivity (Wildman–Crippen MR) is 65.2 cm³/mol. The van der Waals surface area contributed by atoms with Gasteiger partial charge in [0, 0.05) is 18.3 Å². The predicted octanol–water partition coefficient (Wildman–Crippen LogP) is 1.73. The minimum Gasteiger partial charge on any atom is -0.396 e. The number of amides is 1. The molecular formula is C11H15BrN2O2. The molecule has 0 bridgehead atoms. The maximum atomic E-state index is 11.8. The Labute approximate surface area is 103 Å². The van der Waals surface area contributed by atoms with Crippen molar-refractivity contribution in [1.82, 2.24) is 10.3 Å². The lowest BCUT2D eigenvalue weighted by atomic mass is 10.0. The quantitative estimate of drug-likeness (QED) is 0.829. The Morgan fingerprint density at radius 2 is 2.25 bits per heavy atom. The van der Waals surface area contributed by atoms with Crippen LogP contribution in [0, 0.1) is 0 Å². The standard InChI is InChI=1S/C11H15BrN2O2/c1-11(2,5-6-15)14-10(16)8-3-4-9(12)13-7-8/h3-4,7,15H,5-6H2,1-2H3,(H,14,16). The molecule has 1 heterocycles. The summed E-state index contributed by atoms with van der Waals surface area (Å²) in [5.74, 6) is -0.182. The lowest BCUT2D eigenvalue weighted by Gasteiger charge is -2.25. The molecule has 1 amide bonds. The van der Waals surface area contributed by atoms with Crippen LogP contribution in [0.3, 0.4) is 0 Å². The number of hydrogen-bond donors (Lipinski definition) is 2. The molecule has 0 aliphatic heterocycles. The molecule has 0 aromatic carbocycles. The first-order valence-electron chi connectivity index (χ1n) is 4.99. The van der Waals surface area contributed by atoms with E-state index < -0.39 is 5.54 Å². The Hall–Kier alpha value is -0.940. The van der Waals surface area contributed by atoms with Gasteiger partial charge in [-0.15, -0.1) is 0 Å². The molecule has 0 saturated carbocycles. The number of aliphatic hydroxyl groups excluding tert-OH is 1. The van der Waals surface area contributed by atoms with Crippen molar-refractivity contribution in [3.05, 3.63) is 28.5 Å². The van der Waals surface area contributed by atoms with Crippen LogP contribution in [0.2, 0.25) is 0 Å². The Balaban J connectivity index is 2.69. The molecule has 0 unspecified atom stereocenters.